The molecule has 706 valence electrons. The predicted molar refractivity (Wildman–Crippen MR) is 519 cm³/mol. The van der Waals surface area contributed by atoms with Crippen LogP contribution in [0.1, 0.15) is 419 Å². The summed E-state index contributed by atoms with van der Waals surface area (Å²) in [5, 5.41) is 20.8. The SMILES string of the molecule is CC/C=C\C/C=C\C/C=C\C/C=C\C/C=C\CCCCCCCCCCCCCCCCCC(=O)OCC(O)COP(=O)(O)OCC(O)COP(=O)(O)OCC(COC(=O)CCCCCCCCCCCCCCC/C=C\C/C=C\C/C=C\C/C=C\CCCCC)OC(=O)CCCCCCCCCCCCC/C=C\C/C=C\C/C=C\C/C=C\C/C=C\CC. The summed E-state index contributed by atoms with van der Waals surface area (Å²) in [4.78, 5) is 59.2. The topological polar surface area (TPSA) is 231 Å². The van der Waals surface area contributed by atoms with Crippen LogP contribution < -0.4 is 0 Å². The van der Waals surface area contributed by atoms with Crippen molar-refractivity contribution in [3.8, 4) is 0 Å². The number of phosphoric ester groups is 2. The second kappa shape index (κ2) is 96.0. The van der Waals surface area contributed by atoms with Gasteiger partial charge in [0.25, 0.3) is 0 Å². The van der Waals surface area contributed by atoms with Crippen LogP contribution in [0.3, 0.4) is 0 Å². The number of carbonyl (C=O) groups is 3. The Morgan fingerprint density at radius 2 is 0.431 bits per heavy atom. The number of ether oxygens (including phenoxy) is 3. The number of rotatable bonds is 93. The van der Waals surface area contributed by atoms with Gasteiger partial charge >= 0.3 is 33.6 Å². The Morgan fingerprint density at radius 3 is 0.683 bits per heavy atom. The largest absolute Gasteiger partial charge is 0.472 e. The van der Waals surface area contributed by atoms with Gasteiger partial charge in [-0.1, -0.05) is 416 Å². The third-order valence-corrected chi connectivity index (χ3v) is 22.8. The molecular formula is C105H180O16P2. The summed E-state index contributed by atoms with van der Waals surface area (Å²) in [6.45, 7) is 2.49. The van der Waals surface area contributed by atoms with E-state index < -0.39 is 91.5 Å². The van der Waals surface area contributed by atoms with Gasteiger partial charge in [0.2, 0.25) is 0 Å². The molecule has 0 aromatic carbocycles. The number of hydrogen-bond donors (Lipinski definition) is 4. The molecule has 0 saturated carbocycles. The van der Waals surface area contributed by atoms with Gasteiger partial charge in [-0.3, -0.25) is 32.5 Å². The monoisotopic (exact) mass is 1760 g/mol. The average Bonchev–Trinajstić information content (AvgIpc) is 0.891. The van der Waals surface area contributed by atoms with E-state index in [2.05, 4.69) is 191 Å². The Hall–Kier alpha value is -5.09. The van der Waals surface area contributed by atoms with Crippen LogP contribution in [0.4, 0.5) is 0 Å². The molecule has 0 fully saturated rings. The summed E-state index contributed by atoms with van der Waals surface area (Å²) < 4.78 is 61.7. The molecule has 0 radical (unpaired) electrons. The Labute approximate surface area is 752 Å². The summed E-state index contributed by atoms with van der Waals surface area (Å²) in [5.41, 5.74) is 0. The molecule has 0 aliphatic rings. The van der Waals surface area contributed by atoms with Crippen LogP contribution in [0.5, 0.6) is 0 Å². The maximum atomic E-state index is 13.1. The van der Waals surface area contributed by atoms with E-state index in [0.717, 1.165) is 167 Å². The highest BCUT2D eigenvalue weighted by molar-refractivity contribution is 7.47. The van der Waals surface area contributed by atoms with Crippen LogP contribution in [0.25, 0.3) is 0 Å². The Balaban J connectivity index is 4.63. The molecular weight excluding hydrogens is 1580 g/mol. The molecule has 5 unspecified atom stereocenters. The molecule has 16 nitrogen and oxygen atoms in total. The van der Waals surface area contributed by atoms with Crippen molar-refractivity contribution in [1.82, 2.24) is 0 Å². The van der Waals surface area contributed by atoms with E-state index in [1.165, 1.54) is 193 Å². The molecule has 0 saturated heterocycles. The maximum absolute atomic E-state index is 13.1. The molecule has 4 N–H and O–H groups in total. The first-order valence-electron chi connectivity index (χ1n) is 49.4. The first-order chi connectivity index (χ1) is 60.2. The zero-order valence-corrected chi connectivity index (χ0v) is 79.9. The Kier molecular flexibility index (Phi) is 92.0. The van der Waals surface area contributed by atoms with E-state index >= 15 is 0 Å². The van der Waals surface area contributed by atoms with Gasteiger partial charge in [0.1, 0.15) is 25.4 Å². The van der Waals surface area contributed by atoms with Crippen LogP contribution in [0.15, 0.2) is 170 Å². The molecule has 18 heteroatoms. The van der Waals surface area contributed by atoms with Gasteiger partial charge in [-0.05, 0) is 154 Å². The van der Waals surface area contributed by atoms with E-state index in [1.54, 1.807) is 0 Å². The number of hydrogen-bond acceptors (Lipinski definition) is 14. The number of carbonyl (C=O) groups excluding carboxylic acids is 3. The van der Waals surface area contributed by atoms with Crippen LogP contribution >= 0.6 is 15.6 Å². The quantitative estimate of drug-likeness (QED) is 0.0146. The van der Waals surface area contributed by atoms with Gasteiger partial charge < -0.3 is 34.2 Å². The summed E-state index contributed by atoms with van der Waals surface area (Å²) >= 11 is 0. The molecule has 0 aliphatic carbocycles. The smallest absolute Gasteiger partial charge is 0.463 e. The molecule has 0 heterocycles. The van der Waals surface area contributed by atoms with Crippen molar-refractivity contribution < 1.29 is 75.8 Å². The van der Waals surface area contributed by atoms with E-state index in [1.807, 2.05) is 0 Å². The first kappa shape index (κ1) is 118. The van der Waals surface area contributed by atoms with Crippen molar-refractivity contribution in [2.24, 2.45) is 0 Å². The van der Waals surface area contributed by atoms with E-state index in [4.69, 9.17) is 32.3 Å². The highest BCUT2D eigenvalue weighted by Crippen LogP contribution is 2.45. The zero-order valence-electron chi connectivity index (χ0n) is 78.1. The van der Waals surface area contributed by atoms with Crippen molar-refractivity contribution in [1.29, 1.82) is 0 Å². The van der Waals surface area contributed by atoms with Crippen molar-refractivity contribution >= 4 is 33.6 Å². The summed E-state index contributed by atoms with van der Waals surface area (Å²) in [7, 11) is -9.82. The van der Waals surface area contributed by atoms with E-state index in [0.29, 0.717) is 19.3 Å². The van der Waals surface area contributed by atoms with Crippen LogP contribution in [-0.4, -0.2) is 95.9 Å². The minimum atomic E-state index is -4.95. The number of aliphatic hydroxyl groups is 2. The van der Waals surface area contributed by atoms with Crippen molar-refractivity contribution in [2.75, 3.05) is 39.6 Å². The Bertz CT molecular complexity index is 2920. The molecule has 5 atom stereocenters. The van der Waals surface area contributed by atoms with E-state index in [9.17, 15) is 43.5 Å². The summed E-state index contributed by atoms with van der Waals surface area (Å²) in [6, 6.07) is 0. The molecule has 0 aromatic rings. The van der Waals surface area contributed by atoms with Gasteiger partial charge in [-0.25, -0.2) is 9.13 Å². The molecule has 0 aromatic heterocycles. The molecule has 0 bridgehead atoms. The summed E-state index contributed by atoms with van der Waals surface area (Å²) in [5.74, 6) is -1.57. The number of esters is 3. The van der Waals surface area contributed by atoms with Crippen LogP contribution in [0.2, 0.25) is 0 Å². The van der Waals surface area contributed by atoms with Gasteiger partial charge in [0, 0.05) is 19.3 Å². The van der Waals surface area contributed by atoms with Gasteiger partial charge in [0.15, 0.2) is 6.10 Å². The second-order valence-corrected chi connectivity index (χ2v) is 35.7. The van der Waals surface area contributed by atoms with Crippen LogP contribution in [-0.2, 0) is 55.8 Å². The predicted octanol–water partition coefficient (Wildman–Crippen LogP) is 31.0. The standard InChI is InChI=1S/C105H180O16P2/c1-4-7-10-13-16-19-22-25-28-31-34-37-40-43-46-48-49-51-54-55-58-61-64-67-70-73-76-79-82-85-88-91-103(108)115-94-100(106)95-117-122(111,112)118-96-101(107)97-119-123(113,114)120-99-102(121-105(110)93-90-87-84-81-78-75-72-69-66-63-60-57-52-45-42-39-36-33-30-27-24-21-18-15-12-9-6-3)98-116-104(109)92-89-86-83-80-77-74-71-68-65-62-59-56-53-50-47-44-41-38-35-32-29-26-23-20-17-14-11-8-5-2/h7,9-10,12,16-21,25-30,34-39,43-47,52,100-102,106-107H,4-6,8,11,13-15,22-24,31-33,40-42,48-51,53-99H2,1-3H3,(H,111,112)(H,113,114)/b10-7-,12-9-,19-16-,20-17-,21-18-,28-25-,29-26-,30-27-,37-34-,38-35-,39-36-,46-43-,47-44-,52-45-. The fourth-order valence-electron chi connectivity index (χ4n) is 13.5. The number of phosphoric acid groups is 2. The zero-order chi connectivity index (χ0) is 89.3. The lowest BCUT2D eigenvalue weighted by atomic mass is 10.0. The first-order valence-corrected chi connectivity index (χ1v) is 52.4. The molecule has 0 aliphatic heterocycles. The fourth-order valence-corrected chi connectivity index (χ4v) is 15.1. The normalized spacial score (nSPS) is 14.4. The molecule has 0 rings (SSSR count). The second-order valence-electron chi connectivity index (χ2n) is 32.8. The highest BCUT2D eigenvalue weighted by Gasteiger charge is 2.30. The average molecular weight is 1760 g/mol. The van der Waals surface area contributed by atoms with Crippen molar-refractivity contribution in [3.05, 3.63) is 170 Å². The number of allylic oxidation sites excluding steroid dienone is 28. The van der Waals surface area contributed by atoms with Gasteiger partial charge in [-0.15, -0.1) is 0 Å². The lowest BCUT2D eigenvalue weighted by Gasteiger charge is -2.21. The minimum absolute atomic E-state index is 0.0970. The van der Waals surface area contributed by atoms with Crippen molar-refractivity contribution in [2.45, 2.75) is 437 Å². The minimum Gasteiger partial charge on any atom is -0.463 e. The lowest BCUT2D eigenvalue weighted by molar-refractivity contribution is -0.161. The molecule has 0 amide bonds. The summed E-state index contributed by atoms with van der Waals surface area (Å²) in [6.07, 6.45) is 125. The highest BCUT2D eigenvalue weighted by atomic mass is 31.2. The lowest BCUT2D eigenvalue weighted by Crippen LogP contribution is -2.30. The van der Waals surface area contributed by atoms with E-state index in [-0.39, 0.29) is 19.3 Å². The molecule has 123 heavy (non-hydrogen) atoms. The van der Waals surface area contributed by atoms with Gasteiger partial charge in [-0.2, -0.15) is 0 Å². The molecule has 0 spiro atoms. The number of aliphatic hydroxyl groups excluding tert-OH is 2. The third kappa shape index (κ3) is 97.4. The van der Waals surface area contributed by atoms with Crippen molar-refractivity contribution in [3.63, 3.8) is 0 Å². The third-order valence-electron chi connectivity index (χ3n) is 20.9. The fraction of sp³-hybridized carbons (Fsp3) is 0.705. The maximum Gasteiger partial charge on any atom is 0.472 e. The Morgan fingerprint density at radius 1 is 0.236 bits per heavy atom. The number of unbranched alkanes of at least 4 members (excludes halogenated alkanes) is 42. The van der Waals surface area contributed by atoms with Crippen LogP contribution in [0, 0.1) is 0 Å². The van der Waals surface area contributed by atoms with Gasteiger partial charge in [0.05, 0.1) is 26.4 Å².